The molecule has 4 rings (SSSR count). The number of rotatable bonds is 4. The maximum absolute atomic E-state index is 16.3. The number of fused-ring (bicyclic) bond motifs is 2. The van der Waals surface area contributed by atoms with Crippen LogP contribution >= 0.6 is 0 Å². The van der Waals surface area contributed by atoms with Crippen LogP contribution in [0.3, 0.4) is 0 Å². The molecule has 1 aromatic heterocycles. The van der Waals surface area contributed by atoms with Crippen LogP contribution < -0.4 is 4.74 Å². The van der Waals surface area contributed by atoms with Gasteiger partial charge in [0.1, 0.15) is 11.5 Å². The lowest BCUT2D eigenvalue weighted by atomic mass is 9.83. The fourth-order valence-corrected chi connectivity index (χ4v) is 5.74. The Bertz CT molecular complexity index is 1210. The van der Waals surface area contributed by atoms with Crippen LogP contribution in [0.2, 0.25) is 0 Å². The van der Waals surface area contributed by atoms with E-state index in [2.05, 4.69) is 0 Å². The largest absolute Gasteiger partial charge is 0.737 e. The van der Waals surface area contributed by atoms with Crippen molar-refractivity contribution >= 4 is 18.3 Å². The number of benzene rings is 1. The first-order valence-corrected chi connectivity index (χ1v) is 11.1. The minimum absolute atomic E-state index is 0.622. The molecule has 3 heterocycles. The number of nitrogens with zero attached hydrogens (tertiary/aromatic N) is 2. The maximum atomic E-state index is 16.3. The fraction of sp³-hybridized carbons (Fsp3) is 0.400. The Balaban J connectivity index is 2.25. The molecule has 31 heavy (non-hydrogen) atoms. The first-order chi connectivity index (χ1) is 14.6. The molecule has 0 atom stereocenters. The smallest absolute Gasteiger partial charge is 0.496 e. The summed E-state index contributed by atoms with van der Waals surface area (Å²) in [7, 11) is 1.64. The lowest BCUT2D eigenvalue weighted by Crippen LogP contribution is -2.51. The highest BCUT2D eigenvalue weighted by Gasteiger charge is 2.56. The first-order valence-electron chi connectivity index (χ1n) is 11.1. The summed E-state index contributed by atoms with van der Waals surface area (Å²) in [5.74, 6) is 0.707. The number of ether oxygens (including phenoxy) is 1. The molecular formula is C25H31BF2N2O. The van der Waals surface area contributed by atoms with Gasteiger partial charge in [0.15, 0.2) is 5.70 Å². The van der Waals surface area contributed by atoms with Crippen LogP contribution in [0, 0.1) is 20.8 Å². The molecule has 0 fully saturated rings. The van der Waals surface area contributed by atoms with E-state index >= 15 is 8.63 Å². The predicted octanol–water partition coefficient (Wildman–Crippen LogP) is 6.19. The van der Waals surface area contributed by atoms with Crippen molar-refractivity contribution in [3.05, 3.63) is 68.7 Å². The highest BCUT2D eigenvalue weighted by Crippen LogP contribution is 2.48. The predicted molar refractivity (Wildman–Crippen MR) is 124 cm³/mol. The number of methoxy groups -OCH3 is 1. The Morgan fingerprint density at radius 2 is 1.71 bits per heavy atom. The molecule has 0 aliphatic carbocycles. The zero-order chi connectivity index (χ0) is 22.8. The van der Waals surface area contributed by atoms with E-state index in [0.717, 1.165) is 51.8 Å². The molecule has 6 heteroatoms. The number of hydrogen-bond acceptors (Lipinski definition) is 1. The second-order valence-corrected chi connectivity index (χ2v) is 8.69. The van der Waals surface area contributed by atoms with E-state index in [0.29, 0.717) is 28.5 Å². The van der Waals surface area contributed by atoms with E-state index in [-0.39, 0.29) is 0 Å². The Labute approximate surface area is 183 Å². The van der Waals surface area contributed by atoms with Gasteiger partial charge >= 0.3 is 6.97 Å². The summed E-state index contributed by atoms with van der Waals surface area (Å²) >= 11 is 0. The SMILES string of the molecule is CCC1=C(C)C2=C(c3ccc(C)cc3OC)c3c(C)c(CC)c(C)n3[B-](F)(F)[N+]2=C1C. The monoisotopic (exact) mass is 424 g/mol. The number of halogens is 2. The summed E-state index contributed by atoms with van der Waals surface area (Å²) in [5.41, 5.74) is 9.17. The lowest BCUT2D eigenvalue weighted by molar-refractivity contribution is -0.363. The highest BCUT2D eigenvalue weighted by molar-refractivity contribution is 6.58. The molecule has 1 aromatic carbocycles. The molecule has 2 aliphatic rings. The number of allylic oxidation sites excluding steroid dienone is 2. The van der Waals surface area contributed by atoms with Gasteiger partial charge in [-0.05, 0) is 69.0 Å². The molecule has 0 saturated heterocycles. The van der Waals surface area contributed by atoms with Gasteiger partial charge in [-0.1, -0.05) is 26.0 Å². The fourth-order valence-electron chi connectivity index (χ4n) is 5.74. The van der Waals surface area contributed by atoms with Gasteiger partial charge in [-0.3, -0.25) is 0 Å². The molecule has 0 amide bonds. The van der Waals surface area contributed by atoms with Crippen LogP contribution in [-0.2, 0) is 6.42 Å². The minimum atomic E-state index is -4.01. The van der Waals surface area contributed by atoms with Crippen molar-refractivity contribution in [3.63, 3.8) is 0 Å². The molecule has 0 saturated carbocycles. The normalized spacial score (nSPS) is 17.5. The lowest BCUT2D eigenvalue weighted by Gasteiger charge is -2.34. The Hall–Kier alpha value is -2.63. The van der Waals surface area contributed by atoms with E-state index in [9.17, 15) is 0 Å². The van der Waals surface area contributed by atoms with Crippen molar-refractivity contribution in [3.8, 4) is 5.75 Å². The van der Waals surface area contributed by atoms with Gasteiger partial charge in [0.05, 0.1) is 12.7 Å². The molecule has 0 spiro atoms. The zero-order valence-electron chi connectivity index (χ0n) is 19.8. The highest BCUT2D eigenvalue weighted by atomic mass is 19.2. The number of aromatic nitrogens is 1. The molecule has 2 aliphatic heterocycles. The van der Waals surface area contributed by atoms with Gasteiger partial charge < -0.3 is 22.3 Å². The minimum Gasteiger partial charge on any atom is -0.496 e. The molecule has 0 radical (unpaired) electrons. The van der Waals surface area contributed by atoms with Crippen LogP contribution in [0.1, 0.15) is 67.8 Å². The van der Waals surface area contributed by atoms with Crippen LogP contribution in [0.4, 0.5) is 8.63 Å². The molecule has 164 valence electrons. The average Bonchev–Trinajstić information content (AvgIpc) is 3.13. The van der Waals surface area contributed by atoms with Gasteiger partial charge in [0, 0.05) is 29.3 Å². The molecule has 0 unspecified atom stereocenters. The van der Waals surface area contributed by atoms with Gasteiger partial charge in [0.2, 0.25) is 0 Å². The van der Waals surface area contributed by atoms with Gasteiger partial charge in [0.25, 0.3) is 0 Å². The molecular weight excluding hydrogens is 393 g/mol. The van der Waals surface area contributed by atoms with E-state index in [1.165, 1.54) is 8.96 Å². The summed E-state index contributed by atoms with van der Waals surface area (Å²) in [6.45, 7) is 9.67. The molecule has 2 aromatic rings. The second-order valence-electron chi connectivity index (χ2n) is 8.69. The number of aryl methyl sites for hydroxylation is 1. The van der Waals surface area contributed by atoms with Crippen LogP contribution in [0.15, 0.2) is 35.0 Å². The molecule has 0 bridgehead atoms. The van der Waals surface area contributed by atoms with E-state index in [1.807, 2.05) is 66.7 Å². The summed E-state index contributed by atoms with van der Waals surface area (Å²) in [6.07, 6.45) is 1.43. The van der Waals surface area contributed by atoms with E-state index in [4.69, 9.17) is 4.74 Å². The Kier molecular flexibility index (Phi) is 5.03. The van der Waals surface area contributed by atoms with Crippen molar-refractivity contribution in [2.45, 2.75) is 61.3 Å². The van der Waals surface area contributed by atoms with Crippen molar-refractivity contribution in [1.29, 1.82) is 0 Å². The molecule has 0 N–H and O–H groups in total. The number of hydrogen-bond donors (Lipinski definition) is 0. The standard InChI is InChI=1S/C25H31BF2N2O/c1-9-19-15(4)24-23(21-12-11-14(3)13-22(21)31-8)25-16(5)20(10-2)18(7)30(25)26(27,28)29(24)17(19)6/h11-13H,9-10H2,1-8H3. The topological polar surface area (TPSA) is 17.2 Å². The zero-order valence-corrected chi connectivity index (χ0v) is 19.8. The third-order valence-electron chi connectivity index (χ3n) is 7.12. The quantitative estimate of drug-likeness (QED) is 0.535. The van der Waals surface area contributed by atoms with Crippen LogP contribution in [0.5, 0.6) is 5.75 Å². The van der Waals surface area contributed by atoms with Crippen molar-refractivity contribution in [2.75, 3.05) is 7.11 Å². The summed E-state index contributed by atoms with van der Waals surface area (Å²) in [5, 5.41) is 0. The van der Waals surface area contributed by atoms with Crippen molar-refractivity contribution < 1.29 is 17.9 Å². The van der Waals surface area contributed by atoms with Crippen LogP contribution in [-0.4, -0.2) is 28.8 Å². The Morgan fingerprint density at radius 1 is 1.03 bits per heavy atom. The third kappa shape index (κ3) is 2.73. The summed E-state index contributed by atoms with van der Waals surface area (Å²) in [6, 6.07) is 6.01. The van der Waals surface area contributed by atoms with E-state index in [1.54, 1.807) is 7.11 Å². The average molecular weight is 424 g/mol. The maximum Gasteiger partial charge on any atom is 0.737 e. The summed E-state index contributed by atoms with van der Waals surface area (Å²) in [4.78, 5) is 0. The van der Waals surface area contributed by atoms with Gasteiger partial charge in [-0.2, -0.15) is 0 Å². The first kappa shape index (κ1) is 21.6. The summed E-state index contributed by atoms with van der Waals surface area (Å²) < 4.78 is 40.9. The Morgan fingerprint density at radius 3 is 2.29 bits per heavy atom. The second kappa shape index (κ2) is 7.21. The van der Waals surface area contributed by atoms with Gasteiger partial charge in [-0.15, -0.1) is 0 Å². The molecule has 3 nitrogen and oxygen atoms in total. The van der Waals surface area contributed by atoms with Crippen LogP contribution in [0.25, 0.3) is 5.57 Å². The van der Waals surface area contributed by atoms with Crippen molar-refractivity contribution in [1.82, 2.24) is 4.48 Å². The van der Waals surface area contributed by atoms with E-state index < -0.39 is 6.97 Å². The van der Waals surface area contributed by atoms with Gasteiger partial charge in [-0.25, -0.2) is 0 Å². The van der Waals surface area contributed by atoms with Crippen molar-refractivity contribution in [2.24, 2.45) is 0 Å². The third-order valence-corrected chi connectivity index (χ3v) is 7.12.